The first-order valence-electron chi connectivity index (χ1n) is 6.63. The van der Waals surface area contributed by atoms with Gasteiger partial charge in [0.2, 0.25) is 0 Å². The summed E-state index contributed by atoms with van der Waals surface area (Å²) in [5.74, 6) is -0.339. The first-order chi connectivity index (χ1) is 9.39. The molecule has 0 saturated carbocycles. The number of carbonyl (C=O) groups is 1. The minimum Gasteiger partial charge on any atom is -0.465 e. The molecule has 0 bridgehead atoms. The van der Waals surface area contributed by atoms with Gasteiger partial charge in [0.25, 0.3) is 0 Å². The summed E-state index contributed by atoms with van der Waals surface area (Å²) in [5, 5.41) is 10.7. The van der Waals surface area contributed by atoms with Gasteiger partial charge in [-0.2, -0.15) is 0 Å². The van der Waals surface area contributed by atoms with Crippen molar-refractivity contribution in [2.45, 2.75) is 19.4 Å². The number of β-amino-alcohol motifs (C(OH)–C–C–N with tert-alkyl or cyclic N) is 1. The van der Waals surface area contributed by atoms with Crippen molar-refractivity contribution in [1.82, 2.24) is 9.88 Å². The van der Waals surface area contributed by atoms with Crippen LogP contribution >= 0.6 is 11.3 Å². The lowest BCUT2D eigenvalue weighted by molar-refractivity contribution is 0.0345. The quantitative estimate of drug-likeness (QED) is 0.831. The van der Waals surface area contributed by atoms with Crippen molar-refractivity contribution in [3.05, 3.63) is 11.1 Å². The zero-order chi connectivity index (χ0) is 14.8. The highest BCUT2D eigenvalue weighted by molar-refractivity contribution is 7.17. The zero-order valence-corrected chi connectivity index (χ0v) is 12.9. The largest absolute Gasteiger partial charge is 0.465 e. The third kappa shape index (κ3) is 3.91. The van der Waals surface area contributed by atoms with Crippen LogP contribution in [0.2, 0.25) is 0 Å². The highest BCUT2D eigenvalue weighted by atomic mass is 32.1. The summed E-state index contributed by atoms with van der Waals surface area (Å²) in [6.07, 6.45) is 1.56. The molecule has 1 fully saturated rings. The average molecular weight is 299 g/mol. The molecule has 7 heteroatoms. The molecule has 112 valence electrons. The molecule has 0 spiro atoms. The van der Waals surface area contributed by atoms with Crippen LogP contribution in [0.5, 0.6) is 0 Å². The topological polar surface area (TPSA) is 65.9 Å². The number of anilines is 1. The number of thiazole rings is 1. The molecule has 1 aliphatic heterocycles. The second kappa shape index (κ2) is 6.07. The van der Waals surface area contributed by atoms with E-state index in [2.05, 4.69) is 19.5 Å². The van der Waals surface area contributed by atoms with Gasteiger partial charge in [-0.05, 0) is 13.8 Å². The predicted octanol–water partition coefficient (Wildman–Crippen LogP) is 0.823. The summed E-state index contributed by atoms with van der Waals surface area (Å²) in [7, 11) is 1.37. The number of ether oxygens (including phenoxy) is 1. The van der Waals surface area contributed by atoms with Crippen molar-refractivity contribution in [3.63, 3.8) is 0 Å². The van der Waals surface area contributed by atoms with Crippen molar-refractivity contribution in [3.8, 4) is 0 Å². The van der Waals surface area contributed by atoms with Crippen LogP contribution in [0.25, 0.3) is 0 Å². The second-order valence-corrected chi connectivity index (χ2v) is 6.58. The number of esters is 1. The van der Waals surface area contributed by atoms with Crippen LogP contribution in [0.15, 0.2) is 6.20 Å². The molecule has 0 unspecified atom stereocenters. The number of rotatable bonds is 4. The summed E-state index contributed by atoms with van der Waals surface area (Å²) in [5.41, 5.74) is -0.665. The minimum absolute atomic E-state index is 0.339. The maximum atomic E-state index is 11.4. The third-order valence-corrected chi connectivity index (χ3v) is 4.17. The van der Waals surface area contributed by atoms with Crippen molar-refractivity contribution in [1.29, 1.82) is 0 Å². The monoisotopic (exact) mass is 299 g/mol. The highest BCUT2D eigenvalue weighted by Gasteiger charge is 2.24. The molecular formula is C13H21N3O3S. The van der Waals surface area contributed by atoms with Crippen LogP contribution in [0.1, 0.15) is 23.5 Å². The average Bonchev–Trinajstić information content (AvgIpc) is 2.86. The first kappa shape index (κ1) is 15.2. The number of piperazine rings is 1. The number of hydrogen-bond acceptors (Lipinski definition) is 7. The van der Waals surface area contributed by atoms with E-state index in [9.17, 15) is 9.90 Å². The Morgan fingerprint density at radius 3 is 2.65 bits per heavy atom. The lowest BCUT2D eigenvalue weighted by atomic mass is 10.1. The second-order valence-electron chi connectivity index (χ2n) is 5.57. The lowest BCUT2D eigenvalue weighted by Gasteiger charge is -2.37. The molecule has 20 heavy (non-hydrogen) atoms. The molecule has 2 rings (SSSR count). The van der Waals surface area contributed by atoms with Gasteiger partial charge in [0, 0.05) is 32.7 Å². The van der Waals surface area contributed by atoms with E-state index in [0.717, 1.165) is 31.3 Å². The molecule has 0 amide bonds. The van der Waals surface area contributed by atoms with Crippen molar-refractivity contribution < 1.29 is 14.6 Å². The van der Waals surface area contributed by atoms with Gasteiger partial charge in [-0.1, -0.05) is 11.3 Å². The standard InChI is InChI=1S/C13H21N3O3S/c1-13(2,18)9-15-4-6-16(7-5-15)12-14-8-10(20-12)11(17)19-3/h8,18H,4-7,9H2,1-3H3. The van der Waals surface area contributed by atoms with Crippen molar-refractivity contribution in [2.75, 3.05) is 44.7 Å². The Hall–Kier alpha value is -1.18. The van der Waals surface area contributed by atoms with E-state index in [1.807, 2.05) is 13.8 Å². The summed E-state index contributed by atoms with van der Waals surface area (Å²) in [6, 6.07) is 0. The fraction of sp³-hybridized carbons (Fsp3) is 0.692. The maximum Gasteiger partial charge on any atom is 0.349 e. The van der Waals surface area contributed by atoms with Gasteiger partial charge in [-0.3, -0.25) is 4.90 Å². The smallest absolute Gasteiger partial charge is 0.349 e. The fourth-order valence-corrected chi connectivity index (χ4v) is 3.14. The van der Waals surface area contributed by atoms with Gasteiger partial charge in [-0.15, -0.1) is 0 Å². The predicted molar refractivity (Wildman–Crippen MR) is 78.4 cm³/mol. The number of methoxy groups -OCH3 is 1. The number of carbonyl (C=O) groups excluding carboxylic acids is 1. The Bertz CT molecular complexity index is 462. The molecule has 0 radical (unpaired) electrons. The van der Waals surface area contributed by atoms with Gasteiger partial charge in [0.15, 0.2) is 5.13 Å². The molecule has 0 atom stereocenters. The summed E-state index contributed by atoms with van der Waals surface area (Å²) in [6.45, 7) is 7.79. The summed E-state index contributed by atoms with van der Waals surface area (Å²) in [4.78, 5) is 20.6. The van der Waals surface area contributed by atoms with Gasteiger partial charge < -0.3 is 14.7 Å². The van der Waals surface area contributed by atoms with Gasteiger partial charge in [-0.25, -0.2) is 9.78 Å². The van der Waals surface area contributed by atoms with Crippen LogP contribution in [-0.2, 0) is 4.74 Å². The summed E-state index contributed by atoms with van der Waals surface area (Å²) < 4.78 is 4.69. The van der Waals surface area contributed by atoms with Crippen LogP contribution < -0.4 is 4.90 Å². The number of aromatic nitrogens is 1. The molecule has 6 nitrogen and oxygen atoms in total. The SMILES string of the molecule is COC(=O)c1cnc(N2CCN(CC(C)(C)O)CC2)s1. The Morgan fingerprint density at radius 2 is 2.10 bits per heavy atom. The van der Waals surface area contributed by atoms with Crippen molar-refractivity contribution in [2.24, 2.45) is 0 Å². The molecule has 0 aliphatic carbocycles. The minimum atomic E-state index is -0.665. The van der Waals surface area contributed by atoms with Crippen LogP contribution in [0.3, 0.4) is 0 Å². The van der Waals surface area contributed by atoms with Gasteiger partial charge in [0.05, 0.1) is 18.9 Å². The van der Waals surface area contributed by atoms with Gasteiger partial charge >= 0.3 is 5.97 Å². The Balaban J connectivity index is 1.90. The molecular weight excluding hydrogens is 278 g/mol. The molecule has 0 aromatic carbocycles. The van der Waals surface area contributed by atoms with Crippen LogP contribution in [0.4, 0.5) is 5.13 Å². The van der Waals surface area contributed by atoms with E-state index < -0.39 is 5.60 Å². The molecule has 2 heterocycles. The molecule has 1 aliphatic rings. The third-order valence-electron chi connectivity index (χ3n) is 3.13. The van der Waals surface area contributed by atoms with E-state index in [0.29, 0.717) is 11.4 Å². The lowest BCUT2D eigenvalue weighted by Crippen LogP contribution is -2.50. The Morgan fingerprint density at radius 1 is 1.45 bits per heavy atom. The maximum absolute atomic E-state index is 11.4. The van der Waals surface area contributed by atoms with Crippen LogP contribution in [0, 0.1) is 0 Å². The fourth-order valence-electron chi connectivity index (χ4n) is 2.25. The Labute approximate surface area is 123 Å². The molecule has 1 N–H and O–H groups in total. The summed E-state index contributed by atoms with van der Waals surface area (Å²) >= 11 is 1.36. The normalized spacial score (nSPS) is 17.3. The van der Waals surface area contributed by atoms with E-state index in [1.165, 1.54) is 18.4 Å². The van der Waals surface area contributed by atoms with E-state index in [-0.39, 0.29) is 5.97 Å². The van der Waals surface area contributed by atoms with Crippen molar-refractivity contribution >= 4 is 22.4 Å². The van der Waals surface area contributed by atoms with E-state index in [1.54, 1.807) is 6.20 Å². The molecule has 1 aromatic rings. The van der Waals surface area contributed by atoms with Gasteiger partial charge in [0.1, 0.15) is 4.88 Å². The first-order valence-corrected chi connectivity index (χ1v) is 7.44. The van der Waals surface area contributed by atoms with Crippen LogP contribution in [-0.4, -0.2) is 66.4 Å². The molecule has 1 saturated heterocycles. The number of aliphatic hydroxyl groups is 1. The number of nitrogens with zero attached hydrogens (tertiary/aromatic N) is 3. The van der Waals surface area contributed by atoms with E-state index in [4.69, 9.17) is 0 Å². The molecule has 1 aromatic heterocycles. The highest BCUT2D eigenvalue weighted by Crippen LogP contribution is 2.24. The number of hydrogen-bond donors (Lipinski definition) is 1. The zero-order valence-electron chi connectivity index (χ0n) is 12.1. The van der Waals surface area contributed by atoms with E-state index >= 15 is 0 Å². The Kier molecular flexibility index (Phi) is 4.62.